The summed E-state index contributed by atoms with van der Waals surface area (Å²) in [6.07, 6.45) is 7.95. The molecular formula is C14H19N7. The summed E-state index contributed by atoms with van der Waals surface area (Å²) in [6, 6.07) is 0. The van der Waals surface area contributed by atoms with Crippen LogP contribution >= 0.6 is 0 Å². The first-order chi connectivity index (χ1) is 10.3. The minimum absolute atomic E-state index is 0.332. The molecule has 0 aromatic carbocycles. The van der Waals surface area contributed by atoms with Gasteiger partial charge in [0.05, 0.1) is 6.20 Å². The summed E-state index contributed by atoms with van der Waals surface area (Å²) in [5.74, 6) is 2.22. The number of hydrogen-bond donors (Lipinski definition) is 1. The van der Waals surface area contributed by atoms with Gasteiger partial charge in [-0.3, -0.25) is 4.98 Å². The monoisotopic (exact) mass is 285 g/mol. The molecular weight excluding hydrogens is 266 g/mol. The van der Waals surface area contributed by atoms with Gasteiger partial charge in [-0.1, -0.05) is 6.92 Å². The third-order valence-corrected chi connectivity index (χ3v) is 3.69. The molecule has 1 saturated heterocycles. The van der Waals surface area contributed by atoms with Crippen LogP contribution in [0.25, 0.3) is 0 Å². The second-order valence-corrected chi connectivity index (χ2v) is 4.97. The lowest BCUT2D eigenvalue weighted by atomic mass is 10.2. The van der Waals surface area contributed by atoms with E-state index in [-0.39, 0.29) is 0 Å². The van der Waals surface area contributed by atoms with E-state index in [9.17, 15) is 0 Å². The topological polar surface area (TPSA) is 84.1 Å². The first kappa shape index (κ1) is 13.5. The van der Waals surface area contributed by atoms with E-state index in [1.807, 2.05) is 6.20 Å². The number of hydrogen-bond acceptors (Lipinski definition) is 7. The van der Waals surface area contributed by atoms with Crippen LogP contribution in [0.4, 0.5) is 17.6 Å². The Hall–Kier alpha value is -2.44. The van der Waals surface area contributed by atoms with E-state index in [0.717, 1.165) is 49.8 Å². The van der Waals surface area contributed by atoms with Crippen LogP contribution in [0.15, 0.2) is 24.8 Å². The summed E-state index contributed by atoms with van der Waals surface area (Å²) < 4.78 is 0. The highest BCUT2D eigenvalue weighted by molar-refractivity contribution is 5.50. The lowest BCUT2D eigenvalue weighted by Gasteiger charge is -2.36. The zero-order valence-corrected chi connectivity index (χ0v) is 12.1. The lowest BCUT2D eigenvalue weighted by Crippen LogP contribution is -2.47. The third-order valence-electron chi connectivity index (χ3n) is 3.69. The highest BCUT2D eigenvalue weighted by Crippen LogP contribution is 2.21. The van der Waals surface area contributed by atoms with Gasteiger partial charge in [-0.05, 0) is 6.42 Å². The van der Waals surface area contributed by atoms with Crippen LogP contribution in [0.2, 0.25) is 0 Å². The molecule has 3 heterocycles. The molecule has 0 atom stereocenters. The average Bonchev–Trinajstić information content (AvgIpc) is 2.56. The molecule has 21 heavy (non-hydrogen) atoms. The van der Waals surface area contributed by atoms with Gasteiger partial charge in [-0.2, -0.15) is 4.98 Å². The highest BCUT2D eigenvalue weighted by atomic mass is 15.3. The fourth-order valence-electron chi connectivity index (χ4n) is 2.54. The van der Waals surface area contributed by atoms with Crippen molar-refractivity contribution in [1.29, 1.82) is 0 Å². The van der Waals surface area contributed by atoms with E-state index in [4.69, 9.17) is 5.73 Å². The number of nitrogen functional groups attached to an aromatic ring is 1. The SMILES string of the molecule is CCc1cnc(N)nc1N1CCN(c2cnccn2)CC1. The first-order valence-electron chi connectivity index (χ1n) is 7.15. The summed E-state index contributed by atoms with van der Waals surface area (Å²) in [6.45, 7) is 5.67. The van der Waals surface area contributed by atoms with Crippen molar-refractivity contribution in [2.75, 3.05) is 41.7 Å². The molecule has 0 bridgehead atoms. The Labute approximate surface area is 123 Å². The zero-order valence-electron chi connectivity index (χ0n) is 12.1. The molecule has 2 N–H and O–H groups in total. The van der Waals surface area contributed by atoms with Crippen molar-refractivity contribution in [3.63, 3.8) is 0 Å². The number of nitrogens with zero attached hydrogens (tertiary/aromatic N) is 6. The van der Waals surface area contributed by atoms with Crippen LogP contribution < -0.4 is 15.5 Å². The molecule has 3 rings (SSSR count). The maximum absolute atomic E-state index is 5.73. The van der Waals surface area contributed by atoms with E-state index in [0.29, 0.717) is 5.95 Å². The number of aromatic nitrogens is 4. The summed E-state index contributed by atoms with van der Waals surface area (Å²) in [5.41, 5.74) is 6.87. The predicted octanol–water partition coefficient (Wildman–Crippen LogP) is 0.738. The maximum atomic E-state index is 5.73. The summed E-state index contributed by atoms with van der Waals surface area (Å²) in [7, 11) is 0. The van der Waals surface area contributed by atoms with E-state index in [1.54, 1.807) is 18.6 Å². The molecule has 0 amide bonds. The molecule has 0 unspecified atom stereocenters. The summed E-state index contributed by atoms with van der Waals surface area (Å²) >= 11 is 0. The van der Waals surface area contributed by atoms with Gasteiger partial charge in [0.2, 0.25) is 5.95 Å². The van der Waals surface area contributed by atoms with Crippen LogP contribution in [0.1, 0.15) is 12.5 Å². The third kappa shape index (κ3) is 2.86. The van der Waals surface area contributed by atoms with Gasteiger partial charge < -0.3 is 15.5 Å². The summed E-state index contributed by atoms with van der Waals surface area (Å²) in [5, 5.41) is 0. The van der Waals surface area contributed by atoms with Crippen LogP contribution in [0.3, 0.4) is 0 Å². The van der Waals surface area contributed by atoms with Gasteiger partial charge in [0.1, 0.15) is 11.6 Å². The molecule has 7 heteroatoms. The lowest BCUT2D eigenvalue weighted by molar-refractivity contribution is 0.637. The fourth-order valence-corrected chi connectivity index (χ4v) is 2.54. The number of nitrogens with two attached hydrogens (primary N) is 1. The molecule has 0 spiro atoms. The van der Waals surface area contributed by atoms with E-state index >= 15 is 0 Å². The van der Waals surface area contributed by atoms with E-state index < -0.39 is 0 Å². The maximum Gasteiger partial charge on any atom is 0.221 e. The van der Waals surface area contributed by atoms with Crippen LogP contribution in [-0.4, -0.2) is 46.1 Å². The van der Waals surface area contributed by atoms with Gasteiger partial charge >= 0.3 is 0 Å². The Kier molecular flexibility index (Phi) is 3.81. The molecule has 1 aliphatic rings. The van der Waals surface area contributed by atoms with Gasteiger partial charge in [-0.25, -0.2) is 9.97 Å². The second kappa shape index (κ2) is 5.90. The van der Waals surface area contributed by atoms with Crippen molar-refractivity contribution >= 4 is 17.6 Å². The Morgan fingerprint density at radius 3 is 2.48 bits per heavy atom. The molecule has 2 aromatic rings. The zero-order chi connectivity index (χ0) is 14.7. The van der Waals surface area contributed by atoms with Gasteiger partial charge in [0.25, 0.3) is 0 Å². The highest BCUT2D eigenvalue weighted by Gasteiger charge is 2.21. The summed E-state index contributed by atoms with van der Waals surface area (Å²) in [4.78, 5) is 21.5. The van der Waals surface area contributed by atoms with Gasteiger partial charge in [0.15, 0.2) is 0 Å². The fraction of sp³-hybridized carbons (Fsp3) is 0.429. The van der Waals surface area contributed by atoms with Crippen molar-refractivity contribution in [1.82, 2.24) is 19.9 Å². The van der Waals surface area contributed by atoms with Crippen LogP contribution in [0.5, 0.6) is 0 Å². The molecule has 2 aromatic heterocycles. The van der Waals surface area contributed by atoms with Crippen LogP contribution in [-0.2, 0) is 6.42 Å². The second-order valence-electron chi connectivity index (χ2n) is 4.97. The van der Waals surface area contributed by atoms with E-state index in [1.165, 1.54) is 0 Å². The molecule has 1 aliphatic heterocycles. The number of rotatable bonds is 3. The van der Waals surface area contributed by atoms with Crippen molar-refractivity contribution < 1.29 is 0 Å². The Balaban J connectivity index is 1.73. The standard InChI is InChI=1S/C14H19N7/c1-2-11-9-18-14(15)19-13(11)21-7-5-20(6-8-21)12-10-16-3-4-17-12/h3-4,9-10H,2,5-8H2,1H3,(H2,15,18,19). The van der Waals surface area contributed by atoms with Crippen molar-refractivity contribution in [3.05, 3.63) is 30.4 Å². The minimum Gasteiger partial charge on any atom is -0.368 e. The Morgan fingerprint density at radius 1 is 1.05 bits per heavy atom. The molecule has 7 nitrogen and oxygen atoms in total. The largest absolute Gasteiger partial charge is 0.368 e. The molecule has 0 radical (unpaired) electrons. The molecule has 0 saturated carbocycles. The predicted molar refractivity (Wildman–Crippen MR) is 82.3 cm³/mol. The molecule has 1 fully saturated rings. The van der Waals surface area contributed by atoms with Crippen molar-refractivity contribution in [3.8, 4) is 0 Å². The van der Waals surface area contributed by atoms with E-state index in [2.05, 4.69) is 36.7 Å². The molecule has 110 valence electrons. The quantitative estimate of drug-likeness (QED) is 0.890. The number of piperazine rings is 1. The van der Waals surface area contributed by atoms with Crippen molar-refractivity contribution in [2.45, 2.75) is 13.3 Å². The van der Waals surface area contributed by atoms with Gasteiger partial charge in [0, 0.05) is 50.3 Å². The smallest absolute Gasteiger partial charge is 0.221 e. The average molecular weight is 285 g/mol. The Morgan fingerprint density at radius 2 is 1.81 bits per heavy atom. The number of aryl methyl sites for hydroxylation is 1. The Bertz CT molecular complexity index is 594. The normalized spacial score (nSPS) is 15.3. The minimum atomic E-state index is 0.332. The van der Waals surface area contributed by atoms with Gasteiger partial charge in [-0.15, -0.1) is 0 Å². The van der Waals surface area contributed by atoms with Crippen LogP contribution in [0, 0.1) is 0 Å². The molecule has 0 aliphatic carbocycles. The number of anilines is 3. The van der Waals surface area contributed by atoms with Crippen molar-refractivity contribution in [2.24, 2.45) is 0 Å². The first-order valence-corrected chi connectivity index (χ1v) is 7.15.